The summed E-state index contributed by atoms with van der Waals surface area (Å²) in [6.07, 6.45) is 3.84. The number of nitrogens with zero attached hydrogens (tertiary/aromatic N) is 4. The molecule has 2 fully saturated rings. The van der Waals surface area contributed by atoms with Gasteiger partial charge in [-0.1, -0.05) is 13.8 Å². The second kappa shape index (κ2) is 14.7. The van der Waals surface area contributed by atoms with Gasteiger partial charge in [0.2, 0.25) is 0 Å². The molecular formula is C21H46N6. The van der Waals surface area contributed by atoms with Gasteiger partial charge in [-0.15, -0.1) is 0 Å². The van der Waals surface area contributed by atoms with E-state index in [-0.39, 0.29) is 0 Å². The zero-order valence-electron chi connectivity index (χ0n) is 18.2. The van der Waals surface area contributed by atoms with Crippen molar-refractivity contribution in [3.05, 3.63) is 0 Å². The SMILES string of the molecule is CCCN(CCC)CCN(CCCN1CCNCC1)CCN1CCNCC1. The highest BCUT2D eigenvalue weighted by atomic mass is 15.2. The van der Waals surface area contributed by atoms with Gasteiger partial charge in [0.25, 0.3) is 0 Å². The first-order valence-corrected chi connectivity index (χ1v) is 11.6. The van der Waals surface area contributed by atoms with E-state index in [1.165, 1.54) is 97.8 Å². The van der Waals surface area contributed by atoms with E-state index in [0.717, 1.165) is 26.2 Å². The average molecular weight is 383 g/mol. The van der Waals surface area contributed by atoms with Gasteiger partial charge in [-0.25, -0.2) is 0 Å². The minimum absolute atomic E-state index is 1.16. The van der Waals surface area contributed by atoms with Gasteiger partial charge < -0.3 is 25.3 Å². The first kappa shape index (κ1) is 23.0. The first-order valence-electron chi connectivity index (χ1n) is 11.6. The van der Waals surface area contributed by atoms with Crippen LogP contribution in [-0.4, -0.2) is 124 Å². The second-order valence-electron chi connectivity index (χ2n) is 8.22. The number of nitrogens with one attached hydrogen (secondary N) is 2. The van der Waals surface area contributed by atoms with E-state index < -0.39 is 0 Å². The lowest BCUT2D eigenvalue weighted by molar-refractivity contribution is 0.157. The number of hydrogen-bond donors (Lipinski definition) is 2. The Morgan fingerprint density at radius 3 is 1.59 bits per heavy atom. The molecule has 2 aliphatic rings. The van der Waals surface area contributed by atoms with Crippen LogP contribution in [0.25, 0.3) is 0 Å². The summed E-state index contributed by atoms with van der Waals surface area (Å²) in [5, 5.41) is 6.93. The molecule has 0 aromatic heterocycles. The average Bonchev–Trinajstić information content (AvgIpc) is 2.71. The van der Waals surface area contributed by atoms with Gasteiger partial charge in [0, 0.05) is 78.5 Å². The van der Waals surface area contributed by atoms with Gasteiger partial charge in [0.05, 0.1) is 0 Å². The molecule has 0 amide bonds. The fourth-order valence-electron chi connectivity index (χ4n) is 4.26. The molecule has 0 aromatic carbocycles. The molecule has 2 aliphatic heterocycles. The highest BCUT2D eigenvalue weighted by Gasteiger charge is 2.14. The Bertz CT molecular complexity index is 336. The largest absolute Gasteiger partial charge is 0.314 e. The Kier molecular flexibility index (Phi) is 12.6. The number of piperazine rings is 2. The highest BCUT2D eigenvalue weighted by Crippen LogP contribution is 2.02. The summed E-state index contributed by atoms with van der Waals surface area (Å²) in [6, 6.07) is 0. The fraction of sp³-hybridized carbons (Fsp3) is 1.00. The van der Waals surface area contributed by atoms with Gasteiger partial charge >= 0.3 is 0 Å². The van der Waals surface area contributed by atoms with Crippen LogP contribution in [0, 0.1) is 0 Å². The van der Waals surface area contributed by atoms with Crippen molar-refractivity contribution in [2.24, 2.45) is 0 Å². The van der Waals surface area contributed by atoms with Crippen LogP contribution >= 0.6 is 0 Å². The van der Waals surface area contributed by atoms with Crippen LogP contribution in [0.1, 0.15) is 33.1 Å². The van der Waals surface area contributed by atoms with Crippen LogP contribution in [0.4, 0.5) is 0 Å². The normalized spacial score (nSPS) is 20.0. The van der Waals surface area contributed by atoms with Crippen LogP contribution in [0.15, 0.2) is 0 Å². The van der Waals surface area contributed by atoms with Crippen molar-refractivity contribution in [2.45, 2.75) is 33.1 Å². The third-order valence-electron chi connectivity index (χ3n) is 5.91. The molecule has 2 N–H and O–H groups in total. The third kappa shape index (κ3) is 10.2. The van der Waals surface area contributed by atoms with E-state index in [1.807, 2.05) is 0 Å². The lowest BCUT2D eigenvalue weighted by Gasteiger charge is -2.32. The predicted molar refractivity (Wildman–Crippen MR) is 117 cm³/mol. The Labute approximate surface area is 168 Å². The summed E-state index contributed by atoms with van der Waals surface area (Å²) >= 11 is 0. The van der Waals surface area contributed by atoms with E-state index in [2.05, 4.69) is 44.1 Å². The summed E-state index contributed by atoms with van der Waals surface area (Å²) in [5.74, 6) is 0. The van der Waals surface area contributed by atoms with Gasteiger partial charge in [-0.05, 0) is 45.4 Å². The fourth-order valence-corrected chi connectivity index (χ4v) is 4.26. The van der Waals surface area contributed by atoms with Gasteiger partial charge in [-0.2, -0.15) is 0 Å². The van der Waals surface area contributed by atoms with Crippen LogP contribution < -0.4 is 10.6 Å². The smallest absolute Gasteiger partial charge is 0.0110 e. The molecule has 0 radical (unpaired) electrons. The van der Waals surface area contributed by atoms with Crippen molar-refractivity contribution in [1.82, 2.24) is 30.2 Å². The summed E-state index contributed by atoms with van der Waals surface area (Å²) in [7, 11) is 0. The minimum atomic E-state index is 1.16. The molecule has 2 saturated heterocycles. The first-order chi connectivity index (χ1) is 13.3. The summed E-state index contributed by atoms with van der Waals surface area (Å²) in [5.41, 5.74) is 0. The predicted octanol–water partition coefficient (Wildman–Crippen LogP) is 0.611. The molecule has 6 nitrogen and oxygen atoms in total. The third-order valence-corrected chi connectivity index (χ3v) is 5.91. The van der Waals surface area contributed by atoms with Crippen molar-refractivity contribution < 1.29 is 0 Å². The molecule has 2 rings (SSSR count). The topological polar surface area (TPSA) is 37.0 Å². The van der Waals surface area contributed by atoms with Crippen LogP contribution in [0.5, 0.6) is 0 Å². The summed E-state index contributed by atoms with van der Waals surface area (Å²) in [6.45, 7) is 24.1. The second-order valence-corrected chi connectivity index (χ2v) is 8.22. The van der Waals surface area contributed by atoms with E-state index in [4.69, 9.17) is 0 Å². The molecule has 160 valence electrons. The van der Waals surface area contributed by atoms with Crippen molar-refractivity contribution in [2.75, 3.05) is 105 Å². The van der Waals surface area contributed by atoms with Gasteiger partial charge in [-0.3, -0.25) is 4.90 Å². The van der Waals surface area contributed by atoms with E-state index in [9.17, 15) is 0 Å². The Hall–Kier alpha value is -0.240. The lowest BCUT2D eigenvalue weighted by atomic mass is 10.2. The monoisotopic (exact) mass is 382 g/mol. The Morgan fingerprint density at radius 2 is 1.07 bits per heavy atom. The number of hydrogen-bond acceptors (Lipinski definition) is 6. The minimum Gasteiger partial charge on any atom is -0.314 e. The maximum Gasteiger partial charge on any atom is 0.0110 e. The molecule has 2 heterocycles. The quantitative estimate of drug-likeness (QED) is 0.459. The van der Waals surface area contributed by atoms with Crippen molar-refractivity contribution >= 4 is 0 Å². The van der Waals surface area contributed by atoms with Crippen molar-refractivity contribution in [3.63, 3.8) is 0 Å². The van der Waals surface area contributed by atoms with Crippen LogP contribution in [0.2, 0.25) is 0 Å². The Morgan fingerprint density at radius 1 is 0.593 bits per heavy atom. The molecule has 0 bridgehead atoms. The summed E-state index contributed by atoms with van der Waals surface area (Å²) < 4.78 is 0. The van der Waals surface area contributed by atoms with E-state index in [1.54, 1.807) is 0 Å². The Balaban J connectivity index is 1.72. The van der Waals surface area contributed by atoms with E-state index in [0.29, 0.717) is 0 Å². The van der Waals surface area contributed by atoms with Gasteiger partial charge in [0.15, 0.2) is 0 Å². The van der Waals surface area contributed by atoms with Gasteiger partial charge in [0.1, 0.15) is 0 Å². The molecular weight excluding hydrogens is 336 g/mol. The molecule has 0 saturated carbocycles. The lowest BCUT2D eigenvalue weighted by Crippen LogP contribution is -2.47. The van der Waals surface area contributed by atoms with E-state index >= 15 is 0 Å². The molecule has 0 spiro atoms. The molecule has 0 unspecified atom stereocenters. The van der Waals surface area contributed by atoms with Crippen molar-refractivity contribution in [3.8, 4) is 0 Å². The zero-order valence-corrected chi connectivity index (χ0v) is 18.2. The van der Waals surface area contributed by atoms with Crippen LogP contribution in [-0.2, 0) is 0 Å². The number of rotatable bonds is 14. The van der Waals surface area contributed by atoms with Crippen molar-refractivity contribution in [1.29, 1.82) is 0 Å². The molecule has 6 heteroatoms. The standard InChI is InChI=1S/C21H46N6/c1-3-10-24(11-4-2)18-19-26(20-21-27-16-8-23-9-17-27)13-5-12-25-14-6-22-7-15-25/h22-23H,3-21H2,1-2H3. The maximum absolute atomic E-state index is 3.47. The molecule has 0 atom stereocenters. The molecule has 27 heavy (non-hydrogen) atoms. The highest BCUT2D eigenvalue weighted by molar-refractivity contribution is 4.72. The van der Waals surface area contributed by atoms with Crippen LogP contribution in [0.3, 0.4) is 0 Å². The molecule has 0 aliphatic carbocycles. The zero-order chi connectivity index (χ0) is 19.2. The molecule has 0 aromatic rings. The summed E-state index contributed by atoms with van der Waals surface area (Å²) in [4.78, 5) is 10.7. The maximum atomic E-state index is 3.47.